The lowest BCUT2D eigenvalue weighted by atomic mass is 10.1. The van der Waals surface area contributed by atoms with Gasteiger partial charge in [-0.05, 0) is 40.0 Å². The number of rotatable bonds is 6. The SMILES string of the molecule is C=CC.C=CC.C=CC.C=CCC(O)CCC.CCCC(=O)O. The largest absolute Gasteiger partial charge is 0.481 e. The number of allylic oxidation sites excluding steroid dienone is 3. The minimum absolute atomic E-state index is 0.155. The maximum atomic E-state index is 9.60. The fraction of sp³-hybridized carbons (Fsp3) is 0.550. The average molecular weight is 329 g/mol. The van der Waals surface area contributed by atoms with E-state index >= 15 is 0 Å². The highest BCUT2D eigenvalue weighted by atomic mass is 16.4. The van der Waals surface area contributed by atoms with E-state index in [0.29, 0.717) is 6.42 Å². The van der Waals surface area contributed by atoms with Crippen LogP contribution in [0.1, 0.15) is 66.7 Å². The lowest BCUT2D eigenvalue weighted by Gasteiger charge is -2.02. The Morgan fingerprint density at radius 1 is 0.957 bits per heavy atom. The Bertz CT molecular complexity index is 231. The van der Waals surface area contributed by atoms with E-state index in [2.05, 4.69) is 33.2 Å². The van der Waals surface area contributed by atoms with Crippen LogP contribution in [-0.4, -0.2) is 22.3 Å². The second-order valence-electron chi connectivity index (χ2n) is 4.34. The van der Waals surface area contributed by atoms with Gasteiger partial charge in [-0.15, -0.1) is 26.3 Å². The van der Waals surface area contributed by atoms with Gasteiger partial charge in [0.15, 0.2) is 0 Å². The Balaban J connectivity index is -0.0000000636. The molecular formula is C20H40O3. The molecule has 0 aliphatic heterocycles. The summed E-state index contributed by atoms with van der Waals surface area (Å²) in [5.74, 6) is -0.711. The quantitative estimate of drug-likeness (QED) is 0.573. The first-order chi connectivity index (χ1) is 10.8. The normalized spacial score (nSPS) is 8.43. The number of carbonyl (C=O) groups is 1. The van der Waals surface area contributed by atoms with Gasteiger partial charge < -0.3 is 10.2 Å². The van der Waals surface area contributed by atoms with Crippen LogP contribution in [0.4, 0.5) is 0 Å². The van der Waals surface area contributed by atoms with Crippen molar-refractivity contribution in [3.8, 4) is 0 Å². The van der Waals surface area contributed by atoms with Gasteiger partial charge in [0, 0.05) is 6.42 Å². The first-order valence-electron chi connectivity index (χ1n) is 8.04. The number of hydrogen-bond donors (Lipinski definition) is 2. The highest BCUT2D eigenvalue weighted by molar-refractivity contribution is 5.66. The van der Waals surface area contributed by atoms with Crippen molar-refractivity contribution in [2.45, 2.75) is 72.8 Å². The molecule has 2 N–H and O–H groups in total. The Labute approximate surface area is 145 Å². The van der Waals surface area contributed by atoms with E-state index < -0.39 is 5.97 Å². The van der Waals surface area contributed by atoms with Crippen LogP contribution >= 0.6 is 0 Å². The van der Waals surface area contributed by atoms with Crippen molar-refractivity contribution in [1.82, 2.24) is 0 Å². The van der Waals surface area contributed by atoms with E-state index in [0.717, 1.165) is 25.7 Å². The van der Waals surface area contributed by atoms with Crippen LogP contribution in [0.2, 0.25) is 0 Å². The van der Waals surface area contributed by atoms with Crippen molar-refractivity contribution in [2.24, 2.45) is 0 Å². The summed E-state index contributed by atoms with van der Waals surface area (Å²) in [6.07, 6.45) is 10.5. The molecule has 0 aromatic heterocycles. The molecule has 0 fully saturated rings. The molecule has 0 bridgehead atoms. The van der Waals surface area contributed by atoms with Crippen LogP contribution in [0, 0.1) is 0 Å². The Morgan fingerprint density at radius 2 is 1.30 bits per heavy atom. The fourth-order valence-electron chi connectivity index (χ4n) is 0.857. The van der Waals surface area contributed by atoms with Gasteiger partial charge >= 0.3 is 5.97 Å². The molecule has 0 rings (SSSR count). The summed E-state index contributed by atoms with van der Waals surface area (Å²) in [6, 6.07) is 0. The highest BCUT2D eigenvalue weighted by Crippen LogP contribution is 1.99. The van der Waals surface area contributed by atoms with Crippen molar-refractivity contribution >= 4 is 5.97 Å². The van der Waals surface area contributed by atoms with Crippen molar-refractivity contribution in [2.75, 3.05) is 0 Å². The second kappa shape index (κ2) is 42.8. The van der Waals surface area contributed by atoms with E-state index in [9.17, 15) is 4.79 Å². The van der Waals surface area contributed by atoms with Crippen molar-refractivity contribution < 1.29 is 15.0 Å². The van der Waals surface area contributed by atoms with Gasteiger partial charge in [-0.25, -0.2) is 0 Å². The number of carboxylic acids is 1. The molecule has 0 aromatic carbocycles. The van der Waals surface area contributed by atoms with Gasteiger partial charge in [0.1, 0.15) is 0 Å². The summed E-state index contributed by atoms with van der Waals surface area (Å²) in [5, 5.41) is 16.9. The molecule has 0 aromatic rings. The number of aliphatic hydroxyl groups is 1. The topological polar surface area (TPSA) is 57.5 Å². The maximum Gasteiger partial charge on any atom is 0.303 e. The van der Waals surface area contributed by atoms with Crippen molar-refractivity contribution in [1.29, 1.82) is 0 Å². The molecule has 0 saturated carbocycles. The summed E-state index contributed by atoms with van der Waals surface area (Å²) in [5.41, 5.74) is 0. The third kappa shape index (κ3) is 126. The lowest BCUT2D eigenvalue weighted by molar-refractivity contribution is -0.137. The number of hydrogen-bond acceptors (Lipinski definition) is 2. The number of carboxylic acid groups (broad SMARTS) is 1. The summed E-state index contributed by atoms with van der Waals surface area (Å²) in [6.45, 7) is 23.2. The van der Waals surface area contributed by atoms with E-state index in [-0.39, 0.29) is 6.10 Å². The van der Waals surface area contributed by atoms with Gasteiger partial charge in [0.25, 0.3) is 0 Å². The van der Waals surface area contributed by atoms with Gasteiger partial charge in [0.05, 0.1) is 6.10 Å². The van der Waals surface area contributed by atoms with Crippen LogP contribution in [0.15, 0.2) is 50.6 Å². The van der Waals surface area contributed by atoms with Crippen molar-refractivity contribution in [3.63, 3.8) is 0 Å². The Kier molecular flexibility index (Phi) is 61.5. The van der Waals surface area contributed by atoms with E-state index in [1.54, 1.807) is 24.3 Å². The van der Waals surface area contributed by atoms with E-state index in [4.69, 9.17) is 10.2 Å². The molecule has 1 atom stereocenters. The maximum absolute atomic E-state index is 9.60. The Morgan fingerprint density at radius 3 is 1.43 bits per heavy atom. The number of aliphatic carboxylic acids is 1. The van der Waals surface area contributed by atoms with Crippen LogP contribution in [0.3, 0.4) is 0 Å². The van der Waals surface area contributed by atoms with Gasteiger partial charge in [-0.1, -0.05) is 44.6 Å². The lowest BCUT2D eigenvalue weighted by Crippen LogP contribution is -2.02. The van der Waals surface area contributed by atoms with Gasteiger partial charge in [-0.2, -0.15) is 0 Å². The molecule has 0 heterocycles. The summed E-state index contributed by atoms with van der Waals surface area (Å²) >= 11 is 0. The Hall–Kier alpha value is -1.61. The molecule has 0 aliphatic carbocycles. The van der Waals surface area contributed by atoms with Crippen LogP contribution < -0.4 is 0 Å². The zero-order valence-electron chi connectivity index (χ0n) is 16.1. The number of aliphatic hydroxyl groups excluding tert-OH is 1. The van der Waals surface area contributed by atoms with Crippen LogP contribution in [0.5, 0.6) is 0 Å². The molecular weight excluding hydrogens is 288 g/mol. The molecule has 3 heteroatoms. The zero-order valence-corrected chi connectivity index (χ0v) is 16.1. The third-order valence-corrected chi connectivity index (χ3v) is 1.52. The van der Waals surface area contributed by atoms with Crippen LogP contribution in [0.25, 0.3) is 0 Å². The smallest absolute Gasteiger partial charge is 0.303 e. The monoisotopic (exact) mass is 328 g/mol. The molecule has 1 unspecified atom stereocenters. The van der Waals surface area contributed by atoms with Crippen LogP contribution in [-0.2, 0) is 4.79 Å². The van der Waals surface area contributed by atoms with Gasteiger partial charge in [0.2, 0.25) is 0 Å². The van der Waals surface area contributed by atoms with E-state index in [1.165, 1.54) is 0 Å². The summed E-state index contributed by atoms with van der Waals surface area (Å²) in [7, 11) is 0. The molecule has 0 radical (unpaired) electrons. The molecule has 0 saturated heterocycles. The summed E-state index contributed by atoms with van der Waals surface area (Å²) < 4.78 is 0. The predicted octanol–water partition coefficient (Wildman–Crippen LogP) is 6.17. The second-order valence-corrected chi connectivity index (χ2v) is 4.34. The molecule has 23 heavy (non-hydrogen) atoms. The highest BCUT2D eigenvalue weighted by Gasteiger charge is 1.96. The molecule has 0 amide bonds. The minimum atomic E-state index is -0.711. The van der Waals surface area contributed by atoms with E-state index in [1.807, 2.05) is 27.7 Å². The molecule has 0 aliphatic rings. The first kappa shape index (κ1) is 33.1. The third-order valence-electron chi connectivity index (χ3n) is 1.52. The predicted molar refractivity (Wildman–Crippen MR) is 106 cm³/mol. The standard InChI is InChI=1S/C7H14O.C4H8O2.3C3H6/c1-3-5-7(8)6-4-2;1-2-3-4(5)6;3*1-3-2/h3,7-8H,1,4-6H2,2H3;2-3H2,1H3,(H,5,6);3*3H,1H2,2H3. The first-order valence-corrected chi connectivity index (χ1v) is 8.04. The zero-order chi connectivity index (χ0) is 19.5. The molecule has 0 spiro atoms. The summed E-state index contributed by atoms with van der Waals surface area (Å²) in [4.78, 5) is 9.60. The molecule has 138 valence electrons. The fourth-order valence-corrected chi connectivity index (χ4v) is 0.857. The average Bonchev–Trinajstić information content (AvgIpc) is 2.42. The van der Waals surface area contributed by atoms with Crippen molar-refractivity contribution in [3.05, 3.63) is 50.6 Å². The van der Waals surface area contributed by atoms with Gasteiger partial charge in [-0.3, -0.25) is 4.79 Å². The molecule has 3 nitrogen and oxygen atoms in total. The minimum Gasteiger partial charge on any atom is -0.481 e.